The number of nitrogens with one attached hydrogen (secondary N) is 1. The van der Waals surface area contributed by atoms with E-state index in [1.165, 1.54) is 24.3 Å². The van der Waals surface area contributed by atoms with Gasteiger partial charge >= 0.3 is 0 Å². The first kappa shape index (κ1) is 19.0. The number of carbonyl (C=O) groups excluding carboxylic acids is 2. The maximum Gasteiger partial charge on any atom is 0.270 e. The number of likely N-dealkylation sites (N-methyl/N-ethyl adjacent to an activating group) is 1. The smallest absolute Gasteiger partial charge is 0.270 e. The molecule has 0 aliphatic carbocycles. The van der Waals surface area contributed by atoms with Crippen molar-refractivity contribution in [2.45, 2.75) is 18.9 Å². The molecule has 3 atom stereocenters. The maximum atomic E-state index is 12.8. The van der Waals surface area contributed by atoms with Gasteiger partial charge in [-0.15, -0.1) is 11.3 Å². The van der Waals surface area contributed by atoms with Crippen LogP contribution in [0.25, 0.3) is 10.1 Å². The predicted octanol–water partition coefficient (Wildman–Crippen LogP) is 1.51. The van der Waals surface area contributed by atoms with E-state index < -0.39 is 0 Å². The zero-order valence-electron chi connectivity index (χ0n) is 16.8. The predicted molar refractivity (Wildman–Crippen MR) is 113 cm³/mol. The number of thiophene rings is 1. The quantitative estimate of drug-likeness (QED) is 0.826. The van der Waals surface area contributed by atoms with Crippen molar-refractivity contribution in [1.82, 2.24) is 25.0 Å². The number of piperidine rings is 1. The number of pyridine rings is 1. The van der Waals surface area contributed by atoms with Gasteiger partial charge in [0.15, 0.2) is 0 Å². The lowest BCUT2D eigenvalue weighted by Gasteiger charge is -2.32. The molecule has 2 amide bonds. The third-order valence-corrected chi connectivity index (χ3v) is 7.52. The van der Waals surface area contributed by atoms with Crippen molar-refractivity contribution < 1.29 is 9.59 Å². The molecule has 0 saturated carbocycles. The van der Waals surface area contributed by atoms with E-state index in [0.717, 1.165) is 60.7 Å². The Hall–Kier alpha value is -2.03. The number of hydrogen-bond acceptors (Lipinski definition) is 6. The van der Waals surface area contributed by atoms with Crippen LogP contribution in [0.1, 0.15) is 33.0 Å². The van der Waals surface area contributed by atoms with Crippen molar-refractivity contribution in [2.75, 3.05) is 52.9 Å². The van der Waals surface area contributed by atoms with Crippen LogP contribution in [-0.4, -0.2) is 90.4 Å². The van der Waals surface area contributed by atoms with Crippen LogP contribution in [0.15, 0.2) is 18.3 Å². The van der Waals surface area contributed by atoms with Crippen molar-refractivity contribution >= 4 is 33.2 Å². The summed E-state index contributed by atoms with van der Waals surface area (Å²) in [6, 6.07) is 3.94. The molecule has 3 aliphatic rings. The van der Waals surface area contributed by atoms with Crippen molar-refractivity contribution in [3.63, 3.8) is 0 Å². The van der Waals surface area contributed by atoms with Crippen molar-refractivity contribution in [3.8, 4) is 0 Å². The summed E-state index contributed by atoms with van der Waals surface area (Å²) in [6.07, 6.45) is 4.03. The van der Waals surface area contributed by atoms with Crippen LogP contribution >= 0.6 is 11.3 Å². The zero-order chi connectivity index (χ0) is 20.0. The molecule has 3 saturated heterocycles. The van der Waals surface area contributed by atoms with E-state index in [2.05, 4.69) is 27.1 Å². The van der Waals surface area contributed by atoms with Gasteiger partial charge < -0.3 is 20.0 Å². The highest BCUT2D eigenvalue weighted by molar-refractivity contribution is 7.20. The Bertz CT molecular complexity index is 924. The van der Waals surface area contributed by atoms with E-state index >= 15 is 0 Å². The summed E-state index contributed by atoms with van der Waals surface area (Å²) in [4.78, 5) is 37.3. The van der Waals surface area contributed by atoms with Gasteiger partial charge in [0.2, 0.25) is 0 Å². The third kappa shape index (κ3) is 3.89. The van der Waals surface area contributed by atoms with Gasteiger partial charge in [-0.05, 0) is 44.5 Å². The average molecular weight is 414 g/mol. The third-order valence-electron chi connectivity index (χ3n) is 6.44. The Morgan fingerprint density at radius 3 is 2.76 bits per heavy atom. The molecule has 0 spiro atoms. The molecule has 1 N–H and O–H groups in total. The first-order chi connectivity index (χ1) is 14.0. The lowest BCUT2D eigenvalue weighted by atomic mass is 9.97. The minimum absolute atomic E-state index is 0.0806. The van der Waals surface area contributed by atoms with Crippen LogP contribution < -0.4 is 5.32 Å². The number of rotatable bonds is 3. The van der Waals surface area contributed by atoms with E-state index in [1.54, 1.807) is 6.20 Å². The Balaban J connectivity index is 1.29. The Morgan fingerprint density at radius 2 is 1.97 bits per heavy atom. The van der Waals surface area contributed by atoms with Crippen molar-refractivity contribution in [1.29, 1.82) is 0 Å². The van der Waals surface area contributed by atoms with Gasteiger partial charge in [0.05, 0.1) is 4.88 Å². The second-order valence-corrected chi connectivity index (χ2v) is 9.72. The summed E-state index contributed by atoms with van der Waals surface area (Å²) in [5.74, 6) is 0.682. The molecule has 3 aliphatic heterocycles. The monoisotopic (exact) mass is 413 g/mol. The number of hydrogen-bond donors (Lipinski definition) is 1. The summed E-state index contributed by atoms with van der Waals surface area (Å²) in [7, 11) is 2.08. The molecule has 0 radical (unpaired) electrons. The molecule has 0 aromatic carbocycles. The normalized spacial score (nSPS) is 27.3. The second kappa shape index (κ2) is 7.66. The lowest BCUT2D eigenvalue weighted by Crippen LogP contribution is -2.47. The lowest BCUT2D eigenvalue weighted by molar-refractivity contribution is 0.0669. The molecule has 3 fully saturated rings. The minimum Gasteiger partial charge on any atom is -0.347 e. The zero-order valence-corrected chi connectivity index (χ0v) is 17.6. The van der Waals surface area contributed by atoms with Gasteiger partial charge in [0.1, 0.15) is 5.69 Å². The number of fused-ring (bicyclic) bond motifs is 3. The number of nitrogens with zero attached hydrogens (tertiary/aromatic N) is 4. The van der Waals surface area contributed by atoms with E-state index in [9.17, 15) is 9.59 Å². The topological polar surface area (TPSA) is 68.8 Å². The molecule has 7 nitrogen and oxygen atoms in total. The molecular weight excluding hydrogens is 386 g/mol. The van der Waals surface area contributed by atoms with Crippen LogP contribution in [0.5, 0.6) is 0 Å². The fourth-order valence-electron chi connectivity index (χ4n) is 4.75. The van der Waals surface area contributed by atoms with Crippen LogP contribution in [0.3, 0.4) is 0 Å². The Morgan fingerprint density at radius 1 is 1.14 bits per heavy atom. The molecule has 8 heteroatoms. The van der Waals surface area contributed by atoms with Gasteiger partial charge in [0.25, 0.3) is 11.8 Å². The van der Waals surface area contributed by atoms with E-state index in [-0.39, 0.29) is 17.9 Å². The van der Waals surface area contributed by atoms with Crippen molar-refractivity contribution in [3.05, 3.63) is 28.9 Å². The van der Waals surface area contributed by atoms with Gasteiger partial charge in [-0.25, -0.2) is 0 Å². The molecule has 29 heavy (non-hydrogen) atoms. The van der Waals surface area contributed by atoms with E-state index in [1.807, 2.05) is 17.0 Å². The molecular formula is C21H27N5O2S. The molecule has 2 aromatic heterocycles. The van der Waals surface area contributed by atoms with Gasteiger partial charge in [-0.2, -0.15) is 0 Å². The highest BCUT2D eigenvalue weighted by atomic mass is 32.1. The number of carbonyl (C=O) groups is 2. The summed E-state index contributed by atoms with van der Waals surface area (Å²) in [5.41, 5.74) is 0.436. The van der Waals surface area contributed by atoms with Gasteiger partial charge in [-0.1, -0.05) is 0 Å². The van der Waals surface area contributed by atoms with Crippen LogP contribution in [0.4, 0.5) is 0 Å². The maximum absolute atomic E-state index is 12.8. The first-order valence-corrected chi connectivity index (χ1v) is 11.3. The van der Waals surface area contributed by atoms with E-state index in [4.69, 9.17) is 0 Å². The Labute approximate surface area is 174 Å². The second-order valence-electron chi connectivity index (χ2n) is 8.63. The highest BCUT2D eigenvalue weighted by Gasteiger charge is 2.33. The number of aromatic nitrogens is 1. The molecule has 1 unspecified atom stereocenters. The fourth-order valence-corrected chi connectivity index (χ4v) is 5.79. The SMILES string of the molecule is CN1CCN(C(=O)c2cc3cnc(C(=O)N[C@@H]4C[C@H]5CCN(C5)C4)cc3s2)CC1. The fraction of sp³-hybridized carbons (Fsp3) is 0.571. The summed E-state index contributed by atoms with van der Waals surface area (Å²) >= 11 is 1.46. The van der Waals surface area contributed by atoms with E-state index in [0.29, 0.717) is 11.6 Å². The molecule has 2 bridgehead atoms. The van der Waals surface area contributed by atoms with Gasteiger partial charge in [0, 0.05) is 61.6 Å². The number of amides is 2. The highest BCUT2D eigenvalue weighted by Crippen LogP contribution is 2.28. The van der Waals surface area contributed by atoms with Gasteiger partial charge in [-0.3, -0.25) is 14.6 Å². The molecule has 2 aromatic rings. The first-order valence-electron chi connectivity index (χ1n) is 10.5. The molecule has 5 rings (SSSR count). The Kier molecular flexibility index (Phi) is 5.01. The van der Waals surface area contributed by atoms with Crippen molar-refractivity contribution in [2.24, 2.45) is 5.92 Å². The molecule has 5 heterocycles. The number of piperazine rings is 1. The summed E-state index contributed by atoms with van der Waals surface area (Å²) in [5, 5.41) is 4.09. The average Bonchev–Trinajstić information content (AvgIpc) is 3.30. The largest absolute Gasteiger partial charge is 0.347 e. The minimum atomic E-state index is -0.111. The van der Waals surface area contributed by atoms with Crippen LogP contribution in [0, 0.1) is 5.92 Å². The standard InChI is InChI=1S/C21H27N5O2S/c1-24-4-6-26(7-5-24)21(28)19-9-15-11-22-17(10-18(15)29-19)20(27)23-16-8-14-2-3-25(12-14)13-16/h9-11,14,16H,2-8,12-13H2,1H3,(H,23,27)/t14-,16-/m1/s1. The molecule has 154 valence electrons. The van der Waals surface area contributed by atoms with Crippen LogP contribution in [0.2, 0.25) is 0 Å². The summed E-state index contributed by atoms with van der Waals surface area (Å²) in [6.45, 7) is 6.59. The summed E-state index contributed by atoms with van der Waals surface area (Å²) < 4.78 is 0.940. The van der Waals surface area contributed by atoms with Crippen LogP contribution in [-0.2, 0) is 0 Å².